The number of nitrogens with one attached hydrogen (secondary N) is 1. The second-order valence-corrected chi connectivity index (χ2v) is 9.08. The number of hydrogen-bond acceptors (Lipinski definition) is 4. The Balaban J connectivity index is 1.52. The number of sulfonamides is 1. The minimum Gasteiger partial charge on any atom is -0.371 e. The van der Waals surface area contributed by atoms with Crippen LogP contribution in [0.1, 0.15) is 18.4 Å². The van der Waals surface area contributed by atoms with E-state index >= 15 is 0 Å². The number of anilines is 2. The van der Waals surface area contributed by atoms with Gasteiger partial charge in [-0.1, -0.05) is 24.3 Å². The highest BCUT2D eigenvalue weighted by Gasteiger charge is 2.21. The average Bonchev–Trinajstić information content (AvgIpc) is 2.68. The Labute approximate surface area is 171 Å². The highest BCUT2D eigenvalue weighted by molar-refractivity contribution is 7.92. The minimum absolute atomic E-state index is 0.132. The molecule has 156 valence electrons. The van der Waals surface area contributed by atoms with Gasteiger partial charge in [-0.2, -0.15) is 0 Å². The van der Waals surface area contributed by atoms with Crippen LogP contribution in [0.25, 0.3) is 0 Å². The van der Waals surface area contributed by atoms with Crippen LogP contribution in [0, 0.1) is 5.82 Å². The van der Waals surface area contributed by atoms with Crippen molar-refractivity contribution < 1.29 is 17.6 Å². The number of hydrogen-bond donors (Lipinski definition) is 1. The lowest BCUT2D eigenvalue weighted by atomic mass is 10.0. The molecule has 0 radical (unpaired) electrons. The van der Waals surface area contributed by atoms with Crippen LogP contribution < -0.4 is 14.5 Å². The summed E-state index contributed by atoms with van der Waals surface area (Å²) in [5.41, 5.74) is 2.73. The second kappa shape index (κ2) is 9.26. The Hall–Kier alpha value is -2.61. The smallest absolute Gasteiger partial charge is 0.240 e. The van der Waals surface area contributed by atoms with E-state index < -0.39 is 21.7 Å². The quantitative estimate of drug-likeness (QED) is 0.668. The second-order valence-electron chi connectivity index (χ2n) is 7.17. The molecule has 8 heteroatoms. The molecule has 0 saturated carbocycles. The fourth-order valence-corrected chi connectivity index (χ4v) is 4.41. The number of nitrogens with zero attached hydrogens (tertiary/aromatic N) is 2. The summed E-state index contributed by atoms with van der Waals surface area (Å²) in [7, 11) is -3.71. The van der Waals surface area contributed by atoms with Gasteiger partial charge < -0.3 is 10.2 Å². The zero-order valence-corrected chi connectivity index (χ0v) is 17.3. The predicted molar refractivity (Wildman–Crippen MR) is 113 cm³/mol. The van der Waals surface area contributed by atoms with Crippen molar-refractivity contribution in [3.63, 3.8) is 0 Å². The highest BCUT2D eigenvalue weighted by Crippen LogP contribution is 2.26. The van der Waals surface area contributed by atoms with E-state index in [0.29, 0.717) is 6.54 Å². The first-order valence-electron chi connectivity index (χ1n) is 9.67. The summed E-state index contributed by atoms with van der Waals surface area (Å²) in [6, 6.07) is 13.6. The molecule has 29 heavy (non-hydrogen) atoms. The van der Waals surface area contributed by atoms with E-state index in [1.807, 2.05) is 6.07 Å². The molecule has 1 heterocycles. The van der Waals surface area contributed by atoms with Gasteiger partial charge >= 0.3 is 0 Å². The molecular formula is C21H26FN3O3S. The standard InChI is InChI=1S/C21H26FN3O3S/c1-29(27,28)25(19-10-4-9-18(22)15-19)16-21(26)23-12-6-14-24-13-5-8-17-7-2-3-11-20(17)24/h2-4,7,9-11,15H,5-6,8,12-14,16H2,1H3,(H,23,26). The monoisotopic (exact) mass is 419 g/mol. The molecule has 3 rings (SSSR count). The normalized spacial score (nSPS) is 13.7. The predicted octanol–water partition coefficient (Wildman–Crippen LogP) is 2.55. The molecule has 0 spiro atoms. The van der Waals surface area contributed by atoms with Crippen LogP contribution in [0.3, 0.4) is 0 Å². The maximum absolute atomic E-state index is 13.5. The van der Waals surface area contributed by atoms with Gasteiger partial charge in [0.05, 0.1) is 11.9 Å². The largest absolute Gasteiger partial charge is 0.371 e. The van der Waals surface area contributed by atoms with Crippen molar-refractivity contribution in [2.45, 2.75) is 19.3 Å². The van der Waals surface area contributed by atoms with Crippen molar-refractivity contribution >= 4 is 27.3 Å². The molecular weight excluding hydrogens is 393 g/mol. The fourth-order valence-electron chi connectivity index (χ4n) is 3.56. The number of halogens is 1. The van der Waals surface area contributed by atoms with Crippen molar-refractivity contribution in [1.29, 1.82) is 0 Å². The number of carbonyl (C=O) groups excluding carboxylic acids is 1. The summed E-state index contributed by atoms with van der Waals surface area (Å²) in [5, 5.41) is 2.77. The zero-order valence-electron chi connectivity index (χ0n) is 16.5. The highest BCUT2D eigenvalue weighted by atomic mass is 32.2. The molecule has 0 aliphatic carbocycles. The molecule has 0 atom stereocenters. The Morgan fingerprint density at radius 2 is 2.00 bits per heavy atom. The van der Waals surface area contributed by atoms with Crippen LogP contribution in [0.15, 0.2) is 48.5 Å². The Kier molecular flexibility index (Phi) is 6.74. The summed E-state index contributed by atoms with van der Waals surface area (Å²) in [6.45, 7) is 1.87. The number of para-hydroxylation sites is 1. The third-order valence-corrected chi connectivity index (χ3v) is 6.06. The lowest BCUT2D eigenvalue weighted by Crippen LogP contribution is -2.41. The van der Waals surface area contributed by atoms with Gasteiger partial charge in [-0.05, 0) is 49.1 Å². The maximum Gasteiger partial charge on any atom is 0.240 e. The molecule has 0 aromatic heterocycles. The zero-order chi connectivity index (χ0) is 20.9. The number of carbonyl (C=O) groups is 1. The SMILES string of the molecule is CS(=O)(=O)N(CC(=O)NCCCN1CCCc2ccccc21)c1cccc(F)c1. The van der Waals surface area contributed by atoms with Gasteiger partial charge in [0, 0.05) is 25.3 Å². The van der Waals surface area contributed by atoms with Gasteiger partial charge in [0.25, 0.3) is 0 Å². The van der Waals surface area contributed by atoms with Gasteiger partial charge in [-0.15, -0.1) is 0 Å². The fraction of sp³-hybridized carbons (Fsp3) is 0.381. The number of benzene rings is 2. The van der Waals surface area contributed by atoms with E-state index in [9.17, 15) is 17.6 Å². The lowest BCUT2D eigenvalue weighted by molar-refractivity contribution is -0.119. The van der Waals surface area contributed by atoms with Gasteiger partial charge in [-0.25, -0.2) is 12.8 Å². The third kappa shape index (κ3) is 5.69. The number of amides is 1. The van der Waals surface area contributed by atoms with Crippen molar-refractivity contribution in [2.75, 3.05) is 41.6 Å². The molecule has 0 saturated heterocycles. The van der Waals surface area contributed by atoms with Gasteiger partial charge in [0.1, 0.15) is 12.4 Å². The molecule has 2 aromatic carbocycles. The van der Waals surface area contributed by atoms with Crippen LogP contribution in [0.2, 0.25) is 0 Å². The Morgan fingerprint density at radius 3 is 2.76 bits per heavy atom. The van der Waals surface area contributed by atoms with Crippen LogP contribution in [-0.2, 0) is 21.2 Å². The minimum atomic E-state index is -3.71. The lowest BCUT2D eigenvalue weighted by Gasteiger charge is -2.31. The summed E-state index contributed by atoms with van der Waals surface area (Å²) < 4.78 is 38.5. The molecule has 0 fully saturated rings. The first-order chi connectivity index (χ1) is 13.8. The van der Waals surface area contributed by atoms with E-state index in [1.165, 1.54) is 29.4 Å². The molecule has 6 nitrogen and oxygen atoms in total. The van der Waals surface area contributed by atoms with Crippen molar-refractivity contribution in [1.82, 2.24) is 5.32 Å². The summed E-state index contributed by atoms with van der Waals surface area (Å²) >= 11 is 0. The van der Waals surface area contributed by atoms with Crippen molar-refractivity contribution in [3.05, 3.63) is 59.9 Å². The van der Waals surface area contributed by atoms with Crippen LogP contribution >= 0.6 is 0 Å². The van der Waals surface area contributed by atoms with Crippen LogP contribution in [-0.4, -0.2) is 46.8 Å². The number of fused-ring (bicyclic) bond motifs is 1. The van der Waals surface area contributed by atoms with Crippen molar-refractivity contribution in [2.24, 2.45) is 0 Å². The molecule has 1 aliphatic rings. The molecule has 1 N–H and O–H groups in total. The third-order valence-electron chi connectivity index (χ3n) is 4.92. The van der Waals surface area contributed by atoms with Gasteiger partial charge in [0.2, 0.25) is 15.9 Å². The summed E-state index contributed by atoms with van der Waals surface area (Å²) in [4.78, 5) is 14.6. The Morgan fingerprint density at radius 1 is 1.21 bits per heavy atom. The van der Waals surface area contributed by atoms with E-state index in [-0.39, 0.29) is 12.2 Å². The van der Waals surface area contributed by atoms with Gasteiger partial charge in [0.15, 0.2) is 0 Å². The summed E-state index contributed by atoms with van der Waals surface area (Å²) in [6.07, 6.45) is 3.95. The van der Waals surface area contributed by atoms with E-state index in [2.05, 4.69) is 28.4 Å². The maximum atomic E-state index is 13.5. The van der Waals surface area contributed by atoms with Crippen LogP contribution in [0.5, 0.6) is 0 Å². The van der Waals surface area contributed by atoms with E-state index in [4.69, 9.17) is 0 Å². The molecule has 2 aromatic rings. The summed E-state index contributed by atoms with van der Waals surface area (Å²) in [5.74, 6) is -0.975. The van der Waals surface area contributed by atoms with Crippen LogP contribution in [0.4, 0.5) is 15.8 Å². The first-order valence-corrected chi connectivity index (χ1v) is 11.5. The number of rotatable bonds is 8. The van der Waals surface area contributed by atoms with Gasteiger partial charge in [-0.3, -0.25) is 9.10 Å². The molecule has 0 bridgehead atoms. The molecule has 1 amide bonds. The van der Waals surface area contributed by atoms with E-state index in [1.54, 1.807) is 0 Å². The first kappa shape index (κ1) is 21.1. The molecule has 1 aliphatic heterocycles. The topological polar surface area (TPSA) is 69.7 Å². The Bertz CT molecular complexity index is 965. The van der Waals surface area contributed by atoms with Crippen molar-refractivity contribution in [3.8, 4) is 0 Å². The number of aryl methyl sites for hydroxylation is 1. The molecule has 0 unspecified atom stereocenters. The van der Waals surface area contributed by atoms with E-state index in [0.717, 1.165) is 49.0 Å². The average molecular weight is 420 g/mol.